The summed E-state index contributed by atoms with van der Waals surface area (Å²) in [6.45, 7) is -0.364. The normalized spacial score (nSPS) is 13.0. The first-order chi connectivity index (χ1) is 12.7. The van der Waals surface area contributed by atoms with Gasteiger partial charge in [-0.15, -0.1) is 0 Å². The zero-order valence-electron chi connectivity index (χ0n) is 14.1. The highest BCUT2D eigenvalue weighted by Crippen LogP contribution is 2.20. The van der Waals surface area contributed by atoms with Crippen molar-refractivity contribution < 1.29 is 15.0 Å². The molecule has 1 amide bonds. The van der Waals surface area contributed by atoms with Crippen molar-refractivity contribution in [2.45, 2.75) is 12.1 Å². The van der Waals surface area contributed by atoms with E-state index < -0.39 is 12.1 Å². The van der Waals surface area contributed by atoms with Crippen LogP contribution < -0.4 is 5.32 Å². The molecule has 0 bridgehead atoms. The third-order valence-corrected chi connectivity index (χ3v) is 4.20. The molecule has 0 aliphatic rings. The molecule has 26 heavy (non-hydrogen) atoms. The van der Waals surface area contributed by atoms with Gasteiger partial charge < -0.3 is 15.5 Å². The fourth-order valence-electron chi connectivity index (χ4n) is 2.72. The molecule has 2 aromatic carbocycles. The van der Waals surface area contributed by atoms with Crippen LogP contribution in [0.1, 0.15) is 22.0 Å². The van der Waals surface area contributed by atoms with Gasteiger partial charge in [0.25, 0.3) is 5.91 Å². The van der Waals surface area contributed by atoms with E-state index in [9.17, 15) is 15.0 Å². The second kappa shape index (κ2) is 8.38. The van der Waals surface area contributed by atoms with Crippen LogP contribution in [0.3, 0.4) is 0 Å². The number of carbonyl (C=O) groups excluding carboxylic acids is 1. The van der Waals surface area contributed by atoms with Crippen molar-refractivity contribution in [1.82, 2.24) is 10.3 Å². The van der Waals surface area contributed by atoms with Crippen molar-refractivity contribution in [3.05, 3.63) is 90.3 Å². The summed E-state index contributed by atoms with van der Waals surface area (Å²) in [5.41, 5.74) is 3.09. The molecule has 0 unspecified atom stereocenters. The van der Waals surface area contributed by atoms with E-state index in [2.05, 4.69) is 10.3 Å². The van der Waals surface area contributed by atoms with E-state index in [1.807, 2.05) is 30.3 Å². The van der Waals surface area contributed by atoms with Gasteiger partial charge in [0.2, 0.25) is 0 Å². The second-order valence-electron chi connectivity index (χ2n) is 5.93. The molecule has 5 heteroatoms. The zero-order valence-corrected chi connectivity index (χ0v) is 14.1. The minimum absolute atomic E-state index is 0.347. The van der Waals surface area contributed by atoms with Gasteiger partial charge >= 0.3 is 0 Å². The number of aromatic nitrogens is 1. The molecular formula is C21H20N2O3. The number of benzene rings is 2. The summed E-state index contributed by atoms with van der Waals surface area (Å²) in [5, 5.41) is 22.6. The Morgan fingerprint density at radius 1 is 0.923 bits per heavy atom. The van der Waals surface area contributed by atoms with Crippen molar-refractivity contribution in [2.24, 2.45) is 0 Å². The van der Waals surface area contributed by atoms with Crippen molar-refractivity contribution in [3.8, 4) is 11.1 Å². The number of carbonyl (C=O) groups is 1. The molecule has 0 saturated carbocycles. The molecule has 1 heterocycles. The molecule has 0 saturated heterocycles. The molecule has 1 aromatic heterocycles. The minimum atomic E-state index is -0.985. The van der Waals surface area contributed by atoms with Gasteiger partial charge in [-0.3, -0.25) is 9.78 Å². The van der Waals surface area contributed by atoms with E-state index >= 15 is 0 Å². The van der Waals surface area contributed by atoms with E-state index in [1.54, 1.807) is 48.8 Å². The number of aliphatic hydroxyl groups excluding tert-OH is 2. The van der Waals surface area contributed by atoms with E-state index in [0.717, 1.165) is 11.1 Å². The van der Waals surface area contributed by atoms with Crippen LogP contribution in [0.2, 0.25) is 0 Å². The summed E-state index contributed by atoms with van der Waals surface area (Å²) in [6, 6.07) is 19.1. The van der Waals surface area contributed by atoms with E-state index in [4.69, 9.17) is 0 Å². The summed E-state index contributed by atoms with van der Waals surface area (Å²) < 4.78 is 0. The largest absolute Gasteiger partial charge is 0.394 e. The Morgan fingerprint density at radius 2 is 1.54 bits per heavy atom. The van der Waals surface area contributed by atoms with E-state index in [-0.39, 0.29) is 12.5 Å². The lowest BCUT2D eigenvalue weighted by atomic mass is 10.0. The lowest BCUT2D eigenvalue weighted by Gasteiger charge is -2.22. The lowest BCUT2D eigenvalue weighted by molar-refractivity contribution is 0.0703. The number of aliphatic hydroxyl groups is 2. The summed E-state index contributed by atoms with van der Waals surface area (Å²) in [4.78, 5) is 16.4. The van der Waals surface area contributed by atoms with Gasteiger partial charge in [-0.25, -0.2) is 0 Å². The molecule has 0 fully saturated rings. The quantitative estimate of drug-likeness (QED) is 0.639. The maximum atomic E-state index is 12.5. The second-order valence-corrected chi connectivity index (χ2v) is 5.93. The fourth-order valence-corrected chi connectivity index (χ4v) is 2.72. The minimum Gasteiger partial charge on any atom is -0.394 e. The SMILES string of the molecule is O=C(N[C@@H](CO)[C@@H](O)c1ccccc1)c1ccc(-c2ccncc2)cc1. The average molecular weight is 348 g/mol. The molecule has 0 spiro atoms. The van der Waals surface area contributed by atoms with E-state index in [1.165, 1.54) is 0 Å². The van der Waals surface area contributed by atoms with Crippen LogP contribution in [-0.4, -0.2) is 33.8 Å². The predicted molar refractivity (Wildman–Crippen MR) is 99.4 cm³/mol. The van der Waals surface area contributed by atoms with Gasteiger partial charge in [-0.2, -0.15) is 0 Å². The third-order valence-electron chi connectivity index (χ3n) is 4.20. The molecule has 0 radical (unpaired) electrons. The highest BCUT2D eigenvalue weighted by Gasteiger charge is 2.22. The van der Waals surface area contributed by atoms with Crippen molar-refractivity contribution in [3.63, 3.8) is 0 Å². The Labute approximate surface area is 152 Å². The van der Waals surface area contributed by atoms with Crippen LogP contribution in [0.15, 0.2) is 79.1 Å². The maximum absolute atomic E-state index is 12.5. The van der Waals surface area contributed by atoms with Crippen LogP contribution in [0.5, 0.6) is 0 Å². The van der Waals surface area contributed by atoms with Gasteiger partial charge in [0.05, 0.1) is 12.6 Å². The molecule has 5 nitrogen and oxygen atoms in total. The predicted octanol–water partition coefficient (Wildman–Crippen LogP) is 2.57. The van der Waals surface area contributed by atoms with Crippen LogP contribution in [0, 0.1) is 0 Å². The van der Waals surface area contributed by atoms with Crippen LogP contribution in [0.25, 0.3) is 11.1 Å². The zero-order chi connectivity index (χ0) is 18.4. The average Bonchev–Trinajstić information content (AvgIpc) is 2.72. The smallest absolute Gasteiger partial charge is 0.251 e. The topological polar surface area (TPSA) is 82.5 Å². The molecule has 3 N–H and O–H groups in total. The van der Waals surface area contributed by atoms with Crippen LogP contribution >= 0.6 is 0 Å². The van der Waals surface area contributed by atoms with Gasteiger partial charge in [-0.1, -0.05) is 42.5 Å². The Balaban J connectivity index is 1.70. The first-order valence-corrected chi connectivity index (χ1v) is 8.34. The molecule has 3 rings (SSSR count). The van der Waals surface area contributed by atoms with Gasteiger partial charge in [-0.05, 0) is 41.0 Å². The van der Waals surface area contributed by atoms with Gasteiger partial charge in [0.1, 0.15) is 6.10 Å². The summed E-state index contributed by atoms with van der Waals surface area (Å²) in [7, 11) is 0. The molecule has 2 atom stereocenters. The Morgan fingerprint density at radius 3 is 2.15 bits per heavy atom. The number of rotatable bonds is 6. The molecule has 0 aliphatic carbocycles. The Hall–Kier alpha value is -3.02. The van der Waals surface area contributed by atoms with Crippen LogP contribution in [-0.2, 0) is 0 Å². The summed E-state index contributed by atoms with van der Waals surface area (Å²) >= 11 is 0. The number of amides is 1. The first kappa shape index (κ1) is 17.8. The standard InChI is InChI=1S/C21H20N2O3/c24-14-19(20(25)17-4-2-1-3-5-17)23-21(26)18-8-6-15(7-9-18)16-10-12-22-13-11-16/h1-13,19-20,24-25H,14H2,(H,23,26)/t19-,20-/m0/s1. The number of hydrogen-bond acceptors (Lipinski definition) is 4. The number of hydrogen-bond donors (Lipinski definition) is 3. The monoisotopic (exact) mass is 348 g/mol. The Bertz CT molecular complexity index is 836. The highest BCUT2D eigenvalue weighted by molar-refractivity contribution is 5.95. The molecular weight excluding hydrogens is 328 g/mol. The van der Waals surface area contributed by atoms with Crippen molar-refractivity contribution in [2.75, 3.05) is 6.61 Å². The Kier molecular flexibility index (Phi) is 5.73. The highest BCUT2D eigenvalue weighted by atomic mass is 16.3. The number of pyridine rings is 1. The lowest BCUT2D eigenvalue weighted by Crippen LogP contribution is -2.41. The van der Waals surface area contributed by atoms with Crippen LogP contribution in [0.4, 0.5) is 0 Å². The maximum Gasteiger partial charge on any atom is 0.251 e. The summed E-state index contributed by atoms with van der Waals surface area (Å²) in [5.74, 6) is -0.347. The van der Waals surface area contributed by atoms with Crippen molar-refractivity contribution >= 4 is 5.91 Å². The first-order valence-electron chi connectivity index (χ1n) is 8.34. The fraction of sp³-hybridized carbons (Fsp3) is 0.143. The van der Waals surface area contributed by atoms with Gasteiger partial charge in [0.15, 0.2) is 0 Å². The van der Waals surface area contributed by atoms with Gasteiger partial charge in [0, 0.05) is 18.0 Å². The third kappa shape index (κ3) is 4.14. The molecule has 0 aliphatic heterocycles. The molecule has 132 valence electrons. The molecule has 3 aromatic rings. The number of nitrogens with zero attached hydrogens (tertiary/aromatic N) is 1. The van der Waals surface area contributed by atoms with E-state index in [0.29, 0.717) is 11.1 Å². The number of nitrogens with one attached hydrogen (secondary N) is 1. The van der Waals surface area contributed by atoms with Crippen molar-refractivity contribution in [1.29, 1.82) is 0 Å². The summed E-state index contributed by atoms with van der Waals surface area (Å²) in [6.07, 6.45) is 2.45.